The molecule has 3 rings (SSSR count). The zero-order chi connectivity index (χ0) is 17.8. The summed E-state index contributed by atoms with van der Waals surface area (Å²) in [6.45, 7) is 2.08. The lowest BCUT2D eigenvalue weighted by molar-refractivity contribution is -0.122. The van der Waals surface area contributed by atoms with Crippen LogP contribution in [0.15, 0.2) is 48.5 Å². The fraction of sp³-hybridized carbons (Fsp3) is 0.381. The van der Waals surface area contributed by atoms with Crippen LogP contribution in [0.1, 0.15) is 43.2 Å². The van der Waals surface area contributed by atoms with Crippen LogP contribution in [-0.2, 0) is 11.2 Å². The van der Waals surface area contributed by atoms with Gasteiger partial charge in [0, 0.05) is 28.4 Å². The molecule has 2 aromatic rings. The molecule has 4 heteroatoms. The van der Waals surface area contributed by atoms with Gasteiger partial charge in [-0.05, 0) is 67.5 Å². The second-order valence-electron chi connectivity index (χ2n) is 6.99. The molecule has 0 spiro atoms. The van der Waals surface area contributed by atoms with Crippen LogP contribution in [0.2, 0.25) is 10.0 Å². The number of nitrogens with one attached hydrogen (secondary N) is 1. The van der Waals surface area contributed by atoms with E-state index >= 15 is 0 Å². The SMILES string of the molecule is CC(NC(=O)CC1CC1)C(Cc1ccc(Cl)cc1)c1ccc(Cl)cc1. The monoisotopic (exact) mass is 375 g/mol. The summed E-state index contributed by atoms with van der Waals surface area (Å²) in [4.78, 5) is 12.2. The summed E-state index contributed by atoms with van der Waals surface area (Å²) in [5.41, 5.74) is 2.38. The second-order valence-corrected chi connectivity index (χ2v) is 7.87. The van der Waals surface area contributed by atoms with Crippen molar-refractivity contribution in [2.75, 3.05) is 0 Å². The molecular weight excluding hydrogens is 353 g/mol. The van der Waals surface area contributed by atoms with Gasteiger partial charge >= 0.3 is 0 Å². The van der Waals surface area contributed by atoms with E-state index in [1.807, 2.05) is 48.5 Å². The summed E-state index contributed by atoms with van der Waals surface area (Å²) in [6, 6.07) is 15.9. The van der Waals surface area contributed by atoms with Crippen LogP contribution in [0.25, 0.3) is 0 Å². The molecule has 0 bridgehead atoms. The van der Waals surface area contributed by atoms with Crippen molar-refractivity contribution in [1.29, 1.82) is 0 Å². The molecule has 1 aliphatic rings. The molecule has 1 N–H and O–H groups in total. The fourth-order valence-electron chi connectivity index (χ4n) is 3.17. The molecule has 0 aromatic heterocycles. The van der Waals surface area contributed by atoms with E-state index in [1.54, 1.807) is 0 Å². The predicted molar refractivity (Wildman–Crippen MR) is 104 cm³/mol. The van der Waals surface area contributed by atoms with Crippen LogP contribution in [-0.4, -0.2) is 11.9 Å². The van der Waals surface area contributed by atoms with Gasteiger partial charge in [0.15, 0.2) is 0 Å². The van der Waals surface area contributed by atoms with Gasteiger partial charge in [-0.1, -0.05) is 47.5 Å². The molecule has 0 heterocycles. The third kappa shape index (κ3) is 5.49. The van der Waals surface area contributed by atoms with E-state index in [2.05, 4.69) is 12.2 Å². The summed E-state index contributed by atoms with van der Waals surface area (Å²) in [5.74, 6) is 0.934. The summed E-state index contributed by atoms with van der Waals surface area (Å²) < 4.78 is 0. The van der Waals surface area contributed by atoms with Crippen molar-refractivity contribution in [2.45, 2.75) is 44.6 Å². The first-order valence-corrected chi connectivity index (χ1v) is 9.56. The number of benzene rings is 2. The van der Waals surface area contributed by atoms with Gasteiger partial charge in [-0.25, -0.2) is 0 Å². The van der Waals surface area contributed by atoms with Gasteiger partial charge < -0.3 is 5.32 Å². The van der Waals surface area contributed by atoms with Gasteiger partial charge in [0.05, 0.1) is 0 Å². The Morgan fingerprint density at radius 2 is 1.60 bits per heavy atom. The number of carbonyl (C=O) groups excluding carboxylic acids is 1. The molecule has 2 unspecified atom stereocenters. The van der Waals surface area contributed by atoms with E-state index in [-0.39, 0.29) is 17.9 Å². The summed E-state index contributed by atoms with van der Waals surface area (Å²) in [5, 5.41) is 4.65. The Bertz CT molecular complexity index is 708. The second kappa shape index (κ2) is 8.25. The van der Waals surface area contributed by atoms with E-state index in [1.165, 1.54) is 24.0 Å². The molecular formula is C21H23Cl2NO. The number of carbonyl (C=O) groups is 1. The van der Waals surface area contributed by atoms with Gasteiger partial charge in [0.1, 0.15) is 0 Å². The summed E-state index contributed by atoms with van der Waals surface area (Å²) in [6.07, 6.45) is 3.86. The molecule has 1 aliphatic carbocycles. The minimum Gasteiger partial charge on any atom is -0.353 e. The minimum absolute atomic E-state index is 0.0445. The van der Waals surface area contributed by atoms with Crippen molar-refractivity contribution in [2.24, 2.45) is 5.92 Å². The first-order chi connectivity index (χ1) is 12.0. The third-order valence-corrected chi connectivity index (χ3v) is 5.33. The van der Waals surface area contributed by atoms with E-state index in [4.69, 9.17) is 23.2 Å². The van der Waals surface area contributed by atoms with Crippen LogP contribution in [0, 0.1) is 5.92 Å². The number of amides is 1. The Hall–Kier alpha value is -1.51. The molecule has 2 atom stereocenters. The zero-order valence-corrected chi connectivity index (χ0v) is 15.9. The van der Waals surface area contributed by atoms with Crippen LogP contribution < -0.4 is 5.32 Å². The van der Waals surface area contributed by atoms with E-state index in [0.717, 1.165) is 16.5 Å². The predicted octanol–water partition coefficient (Wildman–Crippen LogP) is 5.62. The zero-order valence-electron chi connectivity index (χ0n) is 14.3. The standard InChI is InChI=1S/C21H23Cl2NO/c1-14(24-21(25)13-16-2-3-16)20(17-6-10-19(23)11-7-17)12-15-4-8-18(22)9-5-15/h4-11,14,16,20H,2-3,12-13H2,1H3,(H,24,25). The van der Waals surface area contributed by atoms with E-state index in [9.17, 15) is 4.79 Å². The molecule has 0 aliphatic heterocycles. The van der Waals surface area contributed by atoms with Crippen molar-refractivity contribution < 1.29 is 4.79 Å². The van der Waals surface area contributed by atoms with Crippen LogP contribution in [0.5, 0.6) is 0 Å². The lowest BCUT2D eigenvalue weighted by atomic mass is 9.86. The fourth-order valence-corrected chi connectivity index (χ4v) is 3.42. The summed E-state index contributed by atoms with van der Waals surface area (Å²) >= 11 is 12.0. The molecule has 1 fully saturated rings. The van der Waals surface area contributed by atoms with Crippen LogP contribution in [0.3, 0.4) is 0 Å². The lowest BCUT2D eigenvalue weighted by Gasteiger charge is -2.26. The minimum atomic E-state index is 0.0445. The van der Waals surface area contributed by atoms with Crippen LogP contribution in [0.4, 0.5) is 0 Å². The van der Waals surface area contributed by atoms with Gasteiger partial charge in [-0.3, -0.25) is 4.79 Å². The van der Waals surface area contributed by atoms with E-state index in [0.29, 0.717) is 12.3 Å². The maximum absolute atomic E-state index is 12.2. The smallest absolute Gasteiger partial charge is 0.220 e. The molecule has 1 amide bonds. The number of halogens is 2. The highest BCUT2D eigenvalue weighted by atomic mass is 35.5. The van der Waals surface area contributed by atoms with Crippen molar-refractivity contribution in [3.8, 4) is 0 Å². The highest BCUT2D eigenvalue weighted by Gasteiger charge is 2.27. The number of hydrogen-bond donors (Lipinski definition) is 1. The first-order valence-electron chi connectivity index (χ1n) is 8.80. The van der Waals surface area contributed by atoms with Crippen molar-refractivity contribution in [3.63, 3.8) is 0 Å². The Kier molecular flexibility index (Phi) is 6.03. The normalized spacial score (nSPS) is 16.3. The summed E-state index contributed by atoms with van der Waals surface area (Å²) in [7, 11) is 0. The largest absolute Gasteiger partial charge is 0.353 e. The van der Waals surface area contributed by atoms with Crippen molar-refractivity contribution in [1.82, 2.24) is 5.32 Å². The van der Waals surface area contributed by atoms with Gasteiger partial charge in [-0.15, -0.1) is 0 Å². The van der Waals surface area contributed by atoms with Crippen LogP contribution >= 0.6 is 23.2 Å². The molecule has 2 aromatic carbocycles. The topological polar surface area (TPSA) is 29.1 Å². The Labute approximate surface area is 159 Å². The highest BCUT2D eigenvalue weighted by Crippen LogP contribution is 2.32. The maximum atomic E-state index is 12.2. The Morgan fingerprint density at radius 3 is 2.16 bits per heavy atom. The van der Waals surface area contributed by atoms with Crippen molar-refractivity contribution >= 4 is 29.1 Å². The molecule has 2 nitrogen and oxygen atoms in total. The highest BCUT2D eigenvalue weighted by molar-refractivity contribution is 6.30. The molecule has 0 radical (unpaired) electrons. The van der Waals surface area contributed by atoms with Gasteiger partial charge in [0.2, 0.25) is 5.91 Å². The first kappa shape index (κ1) is 18.3. The maximum Gasteiger partial charge on any atom is 0.220 e. The Balaban J connectivity index is 1.75. The van der Waals surface area contributed by atoms with Crippen molar-refractivity contribution in [3.05, 3.63) is 69.7 Å². The third-order valence-electron chi connectivity index (χ3n) is 4.83. The molecule has 25 heavy (non-hydrogen) atoms. The molecule has 132 valence electrons. The molecule has 1 saturated carbocycles. The van der Waals surface area contributed by atoms with Gasteiger partial charge in [-0.2, -0.15) is 0 Å². The average Bonchev–Trinajstić information content (AvgIpc) is 3.39. The van der Waals surface area contributed by atoms with E-state index < -0.39 is 0 Å². The number of rotatable bonds is 7. The lowest BCUT2D eigenvalue weighted by Crippen LogP contribution is -2.38. The quantitative estimate of drug-likeness (QED) is 0.667. The number of hydrogen-bond acceptors (Lipinski definition) is 1. The van der Waals surface area contributed by atoms with Gasteiger partial charge in [0.25, 0.3) is 0 Å². The molecule has 0 saturated heterocycles. The average molecular weight is 376 g/mol. The Morgan fingerprint density at radius 1 is 1.04 bits per heavy atom.